The lowest BCUT2D eigenvalue weighted by atomic mass is 10.7. The summed E-state index contributed by atoms with van der Waals surface area (Å²) in [4.78, 5) is 9.39. The number of hydrogen-bond acceptors (Lipinski definition) is 4. The highest BCUT2D eigenvalue weighted by Gasteiger charge is 2.08. The Morgan fingerprint density at radius 2 is 2.67 bits per heavy atom. The first-order valence-corrected chi connectivity index (χ1v) is 3.49. The summed E-state index contributed by atoms with van der Waals surface area (Å²) in [5.74, 6) is 0.930. The van der Waals surface area contributed by atoms with Gasteiger partial charge in [-0.1, -0.05) is 0 Å². The lowest BCUT2D eigenvalue weighted by Gasteiger charge is -1.88. The van der Waals surface area contributed by atoms with Crippen LogP contribution < -0.4 is 5.32 Å². The van der Waals surface area contributed by atoms with E-state index >= 15 is 0 Å². The zero-order chi connectivity index (χ0) is 6.69. The molecule has 0 aliphatic carbocycles. The van der Waals surface area contributed by atoms with Crippen LogP contribution in [0, 0.1) is 10.1 Å². The van der Waals surface area contributed by atoms with E-state index in [1.54, 1.807) is 0 Å². The zero-order valence-electron chi connectivity index (χ0n) is 4.66. The van der Waals surface area contributed by atoms with Crippen LogP contribution in [0.15, 0.2) is 11.2 Å². The van der Waals surface area contributed by atoms with Crippen LogP contribution in [0.1, 0.15) is 0 Å². The molecule has 1 N–H and O–H groups in total. The third-order valence-corrected chi connectivity index (χ3v) is 1.85. The maximum atomic E-state index is 9.83. The molecule has 0 saturated carbocycles. The monoisotopic (exact) mass is 146 g/mol. The molecule has 0 amide bonds. The minimum Gasteiger partial charge on any atom is -0.374 e. The average molecular weight is 146 g/mol. The SMILES string of the molecule is O=[N+]([O-])/C=C1/NCCS1. The molecule has 0 aromatic carbocycles. The minimum atomic E-state index is -0.444. The van der Waals surface area contributed by atoms with Crippen molar-refractivity contribution in [2.75, 3.05) is 12.3 Å². The van der Waals surface area contributed by atoms with E-state index in [0.29, 0.717) is 5.03 Å². The van der Waals surface area contributed by atoms with Gasteiger partial charge in [0, 0.05) is 12.3 Å². The molecule has 1 saturated heterocycles. The molecular formula is C4H6N2O2S. The van der Waals surface area contributed by atoms with Crippen molar-refractivity contribution in [2.24, 2.45) is 0 Å². The Balaban J connectivity index is 2.49. The lowest BCUT2D eigenvalue weighted by Crippen LogP contribution is -2.05. The van der Waals surface area contributed by atoms with Crippen molar-refractivity contribution >= 4 is 11.8 Å². The summed E-state index contributed by atoms with van der Waals surface area (Å²) < 4.78 is 0. The molecule has 5 heteroatoms. The highest BCUT2D eigenvalue weighted by atomic mass is 32.2. The van der Waals surface area contributed by atoms with Crippen LogP contribution in [0.2, 0.25) is 0 Å². The minimum absolute atomic E-state index is 0.444. The average Bonchev–Trinajstić information content (AvgIpc) is 2.15. The van der Waals surface area contributed by atoms with Gasteiger partial charge in [0.2, 0.25) is 0 Å². The van der Waals surface area contributed by atoms with Crippen LogP contribution in [-0.2, 0) is 0 Å². The summed E-state index contributed by atoms with van der Waals surface area (Å²) in [5, 5.41) is 13.4. The van der Waals surface area contributed by atoms with Crippen molar-refractivity contribution in [3.05, 3.63) is 21.3 Å². The number of rotatable bonds is 1. The van der Waals surface area contributed by atoms with Crippen molar-refractivity contribution in [1.29, 1.82) is 0 Å². The molecule has 9 heavy (non-hydrogen) atoms. The van der Waals surface area contributed by atoms with Gasteiger partial charge in [0.15, 0.2) is 0 Å². The Bertz CT molecular complexity index is 149. The molecule has 4 nitrogen and oxygen atoms in total. The van der Waals surface area contributed by atoms with Crippen molar-refractivity contribution in [3.63, 3.8) is 0 Å². The van der Waals surface area contributed by atoms with Crippen molar-refractivity contribution < 1.29 is 4.92 Å². The number of nitro groups is 1. The smallest absolute Gasteiger partial charge is 0.263 e. The zero-order valence-corrected chi connectivity index (χ0v) is 5.48. The maximum Gasteiger partial charge on any atom is 0.263 e. The van der Waals surface area contributed by atoms with Crippen LogP contribution in [0.4, 0.5) is 0 Å². The Morgan fingerprint density at radius 1 is 1.89 bits per heavy atom. The summed E-state index contributed by atoms with van der Waals surface area (Å²) in [6.45, 7) is 0.838. The van der Waals surface area contributed by atoms with Gasteiger partial charge in [-0.3, -0.25) is 10.1 Å². The molecular weight excluding hydrogens is 140 g/mol. The normalized spacial score (nSPS) is 22.0. The molecule has 0 radical (unpaired) electrons. The highest BCUT2D eigenvalue weighted by Crippen LogP contribution is 2.16. The van der Waals surface area contributed by atoms with Gasteiger partial charge in [0.25, 0.3) is 6.20 Å². The molecule has 1 rings (SSSR count). The number of nitrogens with zero attached hydrogens (tertiary/aromatic N) is 1. The second-order valence-electron chi connectivity index (χ2n) is 1.55. The van der Waals surface area contributed by atoms with Gasteiger partial charge in [-0.2, -0.15) is 0 Å². The van der Waals surface area contributed by atoms with Crippen LogP contribution in [0.3, 0.4) is 0 Å². The molecule has 1 aliphatic heterocycles. The Morgan fingerprint density at radius 3 is 3.11 bits per heavy atom. The fraction of sp³-hybridized carbons (Fsp3) is 0.500. The molecule has 1 aliphatic rings. The van der Waals surface area contributed by atoms with Gasteiger partial charge in [-0.15, -0.1) is 11.8 Å². The summed E-state index contributed by atoms with van der Waals surface area (Å²) >= 11 is 1.48. The van der Waals surface area contributed by atoms with Crippen LogP contribution in [0.5, 0.6) is 0 Å². The first-order chi connectivity index (χ1) is 4.29. The Labute approximate surface area is 56.5 Å². The predicted molar refractivity (Wildman–Crippen MR) is 35.5 cm³/mol. The van der Waals surface area contributed by atoms with E-state index in [4.69, 9.17) is 0 Å². The largest absolute Gasteiger partial charge is 0.374 e. The van der Waals surface area contributed by atoms with Crippen LogP contribution in [-0.4, -0.2) is 17.2 Å². The van der Waals surface area contributed by atoms with Crippen LogP contribution in [0.25, 0.3) is 0 Å². The highest BCUT2D eigenvalue weighted by molar-refractivity contribution is 8.03. The van der Waals surface area contributed by atoms with Crippen molar-refractivity contribution in [1.82, 2.24) is 5.32 Å². The van der Waals surface area contributed by atoms with E-state index in [1.807, 2.05) is 0 Å². The summed E-state index contributed by atoms with van der Waals surface area (Å²) in [5.41, 5.74) is 0. The fourth-order valence-corrected chi connectivity index (χ4v) is 1.35. The van der Waals surface area contributed by atoms with E-state index in [0.717, 1.165) is 18.5 Å². The summed E-state index contributed by atoms with van der Waals surface area (Å²) in [6, 6.07) is 0. The predicted octanol–water partition coefficient (Wildman–Crippen LogP) is 0.398. The van der Waals surface area contributed by atoms with Gasteiger partial charge in [-0.25, -0.2) is 0 Å². The summed E-state index contributed by atoms with van der Waals surface area (Å²) in [7, 11) is 0. The Hall–Kier alpha value is -0.710. The molecule has 1 fully saturated rings. The van der Waals surface area contributed by atoms with Crippen molar-refractivity contribution in [2.45, 2.75) is 0 Å². The topological polar surface area (TPSA) is 55.2 Å². The second kappa shape index (κ2) is 2.72. The van der Waals surface area contributed by atoms with Gasteiger partial charge < -0.3 is 5.32 Å². The number of nitrogens with one attached hydrogen (secondary N) is 1. The van der Waals surface area contributed by atoms with Gasteiger partial charge in [0.05, 0.1) is 4.92 Å². The third kappa shape index (κ3) is 1.93. The summed E-state index contributed by atoms with van der Waals surface area (Å²) in [6.07, 6.45) is 0.998. The fourth-order valence-electron chi connectivity index (χ4n) is 0.565. The van der Waals surface area contributed by atoms with E-state index in [2.05, 4.69) is 5.32 Å². The van der Waals surface area contributed by atoms with Gasteiger partial charge in [0.1, 0.15) is 5.03 Å². The van der Waals surface area contributed by atoms with E-state index < -0.39 is 4.92 Å². The number of hydrogen-bond donors (Lipinski definition) is 1. The first-order valence-electron chi connectivity index (χ1n) is 2.51. The molecule has 0 unspecified atom stereocenters. The quantitative estimate of drug-likeness (QED) is 0.429. The van der Waals surface area contributed by atoms with Gasteiger partial charge >= 0.3 is 0 Å². The maximum absolute atomic E-state index is 9.83. The molecule has 0 bridgehead atoms. The van der Waals surface area contributed by atoms with Crippen LogP contribution >= 0.6 is 11.8 Å². The molecule has 0 atom stereocenters. The Kier molecular flexibility index (Phi) is 1.94. The van der Waals surface area contributed by atoms with E-state index in [-0.39, 0.29) is 0 Å². The second-order valence-corrected chi connectivity index (χ2v) is 2.69. The molecule has 50 valence electrons. The molecule has 0 aromatic rings. The molecule has 0 aromatic heterocycles. The third-order valence-electron chi connectivity index (χ3n) is 0.882. The van der Waals surface area contributed by atoms with E-state index in [9.17, 15) is 10.1 Å². The van der Waals surface area contributed by atoms with Crippen molar-refractivity contribution in [3.8, 4) is 0 Å². The molecule has 1 heterocycles. The van der Waals surface area contributed by atoms with Gasteiger partial charge in [-0.05, 0) is 0 Å². The van der Waals surface area contributed by atoms with E-state index in [1.165, 1.54) is 11.8 Å². The first kappa shape index (κ1) is 6.41. The number of thioether (sulfide) groups is 1. The lowest BCUT2D eigenvalue weighted by molar-refractivity contribution is -0.403. The standard InChI is InChI=1S/C4H6N2O2S/c7-6(8)3-4-5-1-2-9-4/h3,5H,1-2H2/b4-3-. The molecule has 0 spiro atoms.